The summed E-state index contributed by atoms with van der Waals surface area (Å²) in [4.78, 5) is 10.3. The predicted octanol–water partition coefficient (Wildman–Crippen LogP) is 3.11. The number of halogens is 1. The van der Waals surface area contributed by atoms with Crippen LogP contribution in [0.4, 0.5) is 15.8 Å². The Kier molecular flexibility index (Phi) is 5.75. The topological polar surface area (TPSA) is 108 Å². The summed E-state index contributed by atoms with van der Waals surface area (Å²) in [5.41, 5.74) is -0.192. The van der Waals surface area contributed by atoms with Crippen molar-refractivity contribution >= 4 is 21.4 Å². The lowest BCUT2D eigenvalue weighted by atomic mass is 10.2. The average molecular weight is 370 g/mol. The highest BCUT2D eigenvalue weighted by atomic mass is 32.2. The van der Waals surface area contributed by atoms with Crippen molar-refractivity contribution in [3.05, 3.63) is 52.6 Å². The molecule has 0 aliphatic carbocycles. The van der Waals surface area contributed by atoms with Gasteiger partial charge < -0.3 is 9.47 Å². The molecular weight excluding hydrogens is 355 g/mol. The van der Waals surface area contributed by atoms with Crippen molar-refractivity contribution in [2.45, 2.75) is 0 Å². The molecule has 0 heterocycles. The van der Waals surface area contributed by atoms with Gasteiger partial charge in [-0.3, -0.25) is 14.8 Å². The van der Waals surface area contributed by atoms with E-state index in [0.29, 0.717) is 11.5 Å². The molecule has 0 fully saturated rings. The lowest BCUT2D eigenvalue weighted by Crippen LogP contribution is -2.10. The summed E-state index contributed by atoms with van der Waals surface area (Å²) in [6.07, 6.45) is 0.954. The molecule has 0 aliphatic heterocycles. The predicted molar refractivity (Wildman–Crippen MR) is 89.5 cm³/mol. The molecule has 0 amide bonds. The molecule has 25 heavy (non-hydrogen) atoms. The van der Waals surface area contributed by atoms with E-state index in [1.165, 1.54) is 30.3 Å². The van der Waals surface area contributed by atoms with E-state index in [0.717, 1.165) is 18.4 Å². The molecule has 2 aromatic rings. The zero-order chi connectivity index (χ0) is 18.4. The number of nitrogens with one attached hydrogen (secondary N) is 1. The van der Waals surface area contributed by atoms with Crippen LogP contribution < -0.4 is 14.2 Å². The Morgan fingerprint density at radius 3 is 2.36 bits per heavy atom. The van der Waals surface area contributed by atoms with Gasteiger partial charge in [-0.1, -0.05) is 0 Å². The maximum atomic E-state index is 12.1. The first kappa shape index (κ1) is 18.5. The molecule has 134 valence electrons. The van der Waals surface area contributed by atoms with Crippen LogP contribution in [0.2, 0.25) is 0 Å². The minimum atomic E-state index is -3.60. The van der Waals surface area contributed by atoms with Crippen LogP contribution in [0, 0.1) is 10.1 Å². The van der Waals surface area contributed by atoms with E-state index in [9.17, 15) is 22.9 Å². The van der Waals surface area contributed by atoms with Crippen LogP contribution in [-0.2, 0) is 10.0 Å². The average Bonchev–Trinajstić information content (AvgIpc) is 2.54. The second kappa shape index (κ2) is 7.79. The molecule has 0 unspecified atom stereocenters. The molecule has 1 N–H and O–H groups in total. The third kappa shape index (κ3) is 5.60. The van der Waals surface area contributed by atoms with Crippen molar-refractivity contribution in [2.75, 3.05) is 24.3 Å². The number of benzene rings is 2. The zero-order valence-corrected chi connectivity index (χ0v) is 14.0. The molecule has 0 bridgehead atoms. The Hall–Kier alpha value is -2.88. The second-order valence-corrected chi connectivity index (χ2v) is 6.67. The van der Waals surface area contributed by atoms with Gasteiger partial charge in [0.05, 0.1) is 22.9 Å². The van der Waals surface area contributed by atoms with E-state index in [1.54, 1.807) is 0 Å². The first-order valence-electron chi connectivity index (χ1n) is 7.01. The summed E-state index contributed by atoms with van der Waals surface area (Å²) in [5, 5.41) is 10.9. The lowest BCUT2D eigenvalue weighted by Gasteiger charge is -2.12. The highest BCUT2D eigenvalue weighted by Gasteiger charge is 2.15. The minimum absolute atomic E-state index is 0.0305. The molecule has 0 aliphatic rings. The first-order valence-corrected chi connectivity index (χ1v) is 8.90. The van der Waals surface area contributed by atoms with Crippen molar-refractivity contribution in [3.8, 4) is 17.2 Å². The second-order valence-electron chi connectivity index (χ2n) is 4.92. The van der Waals surface area contributed by atoms with Gasteiger partial charge in [0.1, 0.15) is 24.8 Å². The number of sulfonamides is 1. The Morgan fingerprint density at radius 2 is 1.80 bits per heavy atom. The number of alkyl halides is 1. The van der Waals surface area contributed by atoms with E-state index >= 15 is 0 Å². The number of nitro groups is 1. The third-order valence-corrected chi connectivity index (χ3v) is 3.46. The molecular formula is C15H15FN2O6S. The van der Waals surface area contributed by atoms with E-state index in [1.807, 2.05) is 0 Å². The number of rotatable bonds is 8. The number of hydrogen-bond donors (Lipinski definition) is 1. The van der Waals surface area contributed by atoms with E-state index < -0.39 is 21.6 Å². The Labute approximate surface area is 143 Å². The van der Waals surface area contributed by atoms with Gasteiger partial charge in [-0.2, -0.15) is 0 Å². The fourth-order valence-corrected chi connectivity index (χ4v) is 2.45. The lowest BCUT2D eigenvalue weighted by molar-refractivity contribution is -0.384. The van der Waals surface area contributed by atoms with Crippen LogP contribution in [0.3, 0.4) is 0 Å². The fraction of sp³-hybridized carbons (Fsp3) is 0.200. The van der Waals surface area contributed by atoms with E-state index in [4.69, 9.17) is 9.47 Å². The molecule has 0 atom stereocenters. The van der Waals surface area contributed by atoms with Gasteiger partial charge >= 0.3 is 0 Å². The van der Waals surface area contributed by atoms with Crippen LogP contribution in [0.25, 0.3) is 0 Å². The maximum Gasteiger partial charge on any atom is 0.273 e. The van der Waals surface area contributed by atoms with Crippen molar-refractivity contribution in [2.24, 2.45) is 0 Å². The molecule has 0 aromatic heterocycles. The van der Waals surface area contributed by atoms with Crippen LogP contribution >= 0.6 is 0 Å². The summed E-state index contributed by atoms with van der Waals surface area (Å²) < 4.78 is 47.8. The normalized spacial score (nSPS) is 11.0. The van der Waals surface area contributed by atoms with Crippen LogP contribution in [0.5, 0.6) is 17.2 Å². The Bertz CT molecular complexity index is 855. The molecule has 0 spiro atoms. The standard InChI is InChI=1S/C15H15FN2O6S/c1-25(21,22)17-14-7-2-11(18(19)20)10-15(14)24-13-5-3-12(4-6-13)23-9-8-16/h2-7,10,17H,8-9H2,1H3. The van der Waals surface area contributed by atoms with Gasteiger partial charge in [-0.25, -0.2) is 12.8 Å². The van der Waals surface area contributed by atoms with Gasteiger partial charge in [0.25, 0.3) is 5.69 Å². The van der Waals surface area contributed by atoms with Gasteiger partial charge in [0.15, 0.2) is 5.75 Å². The molecule has 0 saturated heterocycles. The van der Waals surface area contributed by atoms with Gasteiger partial charge in [0, 0.05) is 6.07 Å². The zero-order valence-electron chi connectivity index (χ0n) is 13.1. The number of non-ortho nitro benzene ring substituents is 1. The van der Waals surface area contributed by atoms with Gasteiger partial charge in [-0.05, 0) is 30.3 Å². The largest absolute Gasteiger partial charge is 0.491 e. The summed E-state index contributed by atoms with van der Waals surface area (Å²) in [7, 11) is -3.60. The SMILES string of the molecule is CS(=O)(=O)Nc1ccc([N+](=O)[O-])cc1Oc1ccc(OCCF)cc1. The molecule has 0 radical (unpaired) electrons. The Balaban J connectivity index is 2.29. The number of anilines is 1. The highest BCUT2D eigenvalue weighted by molar-refractivity contribution is 7.92. The molecule has 10 heteroatoms. The van der Waals surface area contributed by atoms with Crippen molar-refractivity contribution < 1.29 is 27.2 Å². The molecule has 2 aromatic carbocycles. The van der Waals surface area contributed by atoms with E-state index in [-0.39, 0.29) is 23.7 Å². The smallest absolute Gasteiger partial charge is 0.273 e. The number of nitrogens with zero attached hydrogens (tertiary/aromatic N) is 1. The van der Waals surface area contributed by atoms with Crippen molar-refractivity contribution in [3.63, 3.8) is 0 Å². The fourth-order valence-electron chi connectivity index (χ4n) is 1.88. The number of nitro benzene ring substituents is 1. The molecule has 0 saturated carbocycles. The summed E-state index contributed by atoms with van der Waals surface area (Å²) in [5.74, 6) is 0.695. The third-order valence-electron chi connectivity index (χ3n) is 2.87. The quantitative estimate of drug-likeness (QED) is 0.565. The summed E-state index contributed by atoms with van der Waals surface area (Å²) >= 11 is 0. The first-order chi connectivity index (χ1) is 11.8. The van der Waals surface area contributed by atoms with Gasteiger partial charge in [-0.15, -0.1) is 0 Å². The van der Waals surface area contributed by atoms with Crippen LogP contribution in [0.1, 0.15) is 0 Å². The maximum absolute atomic E-state index is 12.1. The van der Waals surface area contributed by atoms with Crippen molar-refractivity contribution in [1.82, 2.24) is 0 Å². The summed E-state index contributed by atoms with van der Waals surface area (Å²) in [6, 6.07) is 9.60. The highest BCUT2D eigenvalue weighted by Crippen LogP contribution is 2.34. The minimum Gasteiger partial charge on any atom is -0.491 e. The summed E-state index contributed by atoms with van der Waals surface area (Å²) in [6.45, 7) is -0.694. The van der Waals surface area contributed by atoms with Crippen molar-refractivity contribution in [1.29, 1.82) is 0 Å². The van der Waals surface area contributed by atoms with Crippen LogP contribution in [-0.4, -0.2) is 32.9 Å². The van der Waals surface area contributed by atoms with Crippen LogP contribution in [0.15, 0.2) is 42.5 Å². The number of hydrogen-bond acceptors (Lipinski definition) is 6. The Morgan fingerprint density at radius 1 is 1.16 bits per heavy atom. The number of ether oxygens (including phenoxy) is 2. The molecule has 8 nitrogen and oxygen atoms in total. The van der Waals surface area contributed by atoms with Gasteiger partial charge in [0.2, 0.25) is 10.0 Å². The van der Waals surface area contributed by atoms with E-state index in [2.05, 4.69) is 4.72 Å². The molecule has 2 rings (SSSR count). The monoisotopic (exact) mass is 370 g/mol.